The SMILES string of the molecule is O=C(c1cc(Br)c2nccnc2c1)N1C[C@H]2COC[C@H]2C1. The fourth-order valence-corrected chi connectivity index (χ4v) is 3.74. The van der Waals surface area contributed by atoms with Crippen molar-refractivity contribution < 1.29 is 9.53 Å². The van der Waals surface area contributed by atoms with Crippen LogP contribution in [0.1, 0.15) is 10.4 Å². The lowest BCUT2D eigenvalue weighted by atomic mass is 10.0. The van der Waals surface area contributed by atoms with Gasteiger partial charge in [0.25, 0.3) is 5.91 Å². The number of fused-ring (bicyclic) bond motifs is 2. The van der Waals surface area contributed by atoms with E-state index in [1.807, 2.05) is 17.0 Å². The molecule has 2 aliphatic rings. The summed E-state index contributed by atoms with van der Waals surface area (Å²) >= 11 is 3.48. The molecule has 5 nitrogen and oxygen atoms in total. The van der Waals surface area contributed by atoms with Gasteiger partial charge in [-0.15, -0.1) is 0 Å². The summed E-state index contributed by atoms with van der Waals surface area (Å²) in [4.78, 5) is 23.2. The maximum atomic E-state index is 12.7. The van der Waals surface area contributed by atoms with E-state index in [9.17, 15) is 4.79 Å². The molecule has 0 N–H and O–H groups in total. The van der Waals surface area contributed by atoms with Crippen LogP contribution in [-0.2, 0) is 4.74 Å². The maximum Gasteiger partial charge on any atom is 0.253 e. The lowest BCUT2D eigenvalue weighted by Gasteiger charge is -2.17. The first-order valence-electron chi connectivity index (χ1n) is 6.99. The molecule has 21 heavy (non-hydrogen) atoms. The lowest BCUT2D eigenvalue weighted by molar-refractivity contribution is 0.0751. The van der Waals surface area contributed by atoms with Crippen LogP contribution in [0.15, 0.2) is 29.0 Å². The van der Waals surface area contributed by atoms with E-state index in [4.69, 9.17) is 4.74 Å². The molecule has 2 fully saturated rings. The van der Waals surface area contributed by atoms with Crippen LogP contribution in [0, 0.1) is 11.8 Å². The molecule has 3 heterocycles. The summed E-state index contributed by atoms with van der Waals surface area (Å²) in [6, 6.07) is 3.66. The van der Waals surface area contributed by atoms with Crippen LogP contribution in [0.25, 0.3) is 11.0 Å². The van der Waals surface area contributed by atoms with E-state index >= 15 is 0 Å². The predicted molar refractivity (Wildman–Crippen MR) is 80.9 cm³/mol. The monoisotopic (exact) mass is 347 g/mol. The molecule has 0 bridgehead atoms. The quantitative estimate of drug-likeness (QED) is 0.792. The number of ether oxygens (including phenoxy) is 1. The number of hydrogen-bond donors (Lipinski definition) is 0. The van der Waals surface area contributed by atoms with E-state index in [1.54, 1.807) is 12.4 Å². The Morgan fingerprint density at radius 3 is 2.67 bits per heavy atom. The van der Waals surface area contributed by atoms with Crippen LogP contribution >= 0.6 is 15.9 Å². The Hall–Kier alpha value is -1.53. The van der Waals surface area contributed by atoms with Gasteiger partial charge in [-0.25, -0.2) is 0 Å². The number of benzene rings is 1. The van der Waals surface area contributed by atoms with Gasteiger partial charge >= 0.3 is 0 Å². The fourth-order valence-electron chi connectivity index (χ4n) is 3.19. The maximum absolute atomic E-state index is 12.7. The van der Waals surface area contributed by atoms with Gasteiger partial charge in [-0.2, -0.15) is 0 Å². The van der Waals surface area contributed by atoms with Crippen molar-refractivity contribution in [2.24, 2.45) is 11.8 Å². The summed E-state index contributed by atoms with van der Waals surface area (Å²) in [6.45, 7) is 3.14. The molecule has 4 rings (SSSR count). The van der Waals surface area contributed by atoms with Crippen LogP contribution in [-0.4, -0.2) is 47.1 Å². The van der Waals surface area contributed by atoms with Crippen LogP contribution < -0.4 is 0 Å². The van der Waals surface area contributed by atoms with Gasteiger partial charge < -0.3 is 9.64 Å². The van der Waals surface area contributed by atoms with Crippen LogP contribution in [0.3, 0.4) is 0 Å². The highest BCUT2D eigenvalue weighted by Gasteiger charge is 2.39. The van der Waals surface area contributed by atoms with Gasteiger partial charge in [0, 0.05) is 47.4 Å². The summed E-state index contributed by atoms with van der Waals surface area (Å²) in [7, 11) is 0. The highest BCUT2D eigenvalue weighted by atomic mass is 79.9. The third-order valence-corrected chi connectivity index (χ3v) is 4.91. The molecule has 2 aromatic rings. The molecule has 2 aliphatic heterocycles. The van der Waals surface area contributed by atoms with E-state index in [0.717, 1.165) is 41.8 Å². The number of likely N-dealkylation sites (tertiary alicyclic amines) is 1. The van der Waals surface area contributed by atoms with E-state index in [0.29, 0.717) is 17.4 Å². The van der Waals surface area contributed by atoms with Crippen molar-refractivity contribution >= 4 is 32.9 Å². The zero-order valence-corrected chi connectivity index (χ0v) is 12.9. The molecule has 6 heteroatoms. The average molecular weight is 348 g/mol. The molecule has 108 valence electrons. The summed E-state index contributed by atoms with van der Waals surface area (Å²) in [6.07, 6.45) is 3.29. The van der Waals surface area contributed by atoms with Gasteiger partial charge in [0.15, 0.2) is 0 Å². The molecule has 0 spiro atoms. The van der Waals surface area contributed by atoms with E-state index in [1.165, 1.54) is 0 Å². The van der Waals surface area contributed by atoms with Crippen LogP contribution in [0.5, 0.6) is 0 Å². The fraction of sp³-hybridized carbons (Fsp3) is 0.400. The molecular formula is C15H14BrN3O2. The third kappa shape index (κ3) is 2.22. The van der Waals surface area contributed by atoms with Crippen LogP contribution in [0.2, 0.25) is 0 Å². The Bertz CT molecular complexity index is 709. The Balaban J connectivity index is 1.65. The van der Waals surface area contributed by atoms with Crippen molar-refractivity contribution in [1.82, 2.24) is 14.9 Å². The van der Waals surface area contributed by atoms with E-state index < -0.39 is 0 Å². The molecule has 0 aliphatic carbocycles. The molecule has 0 radical (unpaired) electrons. The molecule has 0 unspecified atom stereocenters. The van der Waals surface area contributed by atoms with Crippen molar-refractivity contribution in [2.75, 3.05) is 26.3 Å². The molecule has 1 amide bonds. The number of nitrogens with zero attached hydrogens (tertiary/aromatic N) is 3. The predicted octanol–water partition coefficient (Wildman–Crippen LogP) is 2.11. The summed E-state index contributed by atoms with van der Waals surface area (Å²) in [5, 5.41) is 0. The van der Waals surface area contributed by atoms with Crippen molar-refractivity contribution in [1.29, 1.82) is 0 Å². The number of carbonyl (C=O) groups is 1. The summed E-state index contributed by atoms with van der Waals surface area (Å²) in [5.74, 6) is 1.06. The number of carbonyl (C=O) groups excluding carboxylic acids is 1. The number of aromatic nitrogens is 2. The Kier molecular flexibility index (Phi) is 3.15. The third-order valence-electron chi connectivity index (χ3n) is 4.30. The second-order valence-electron chi connectivity index (χ2n) is 5.65. The zero-order valence-electron chi connectivity index (χ0n) is 11.3. The van der Waals surface area contributed by atoms with Gasteiger partial charge in [0.2, 0.25) is 0 Å². The van der Waals surface area contributed by atoms with Gasteiger partial charge in [-0.1, -0.05) is 0 Å². The topological polar surface area (TPSA) is 55.3 Å². The molecular weight excluding hydrogens is 334 g/mol. The first-order chi connectivity index (χ1) is 10.2. The lowest BCUT2D eigenvalue weighted by Crippen LogP contribution is -2.30. The average Bonchev–Trinajstić information content (AvgIpc) is 3.07. The minimum absolute atomic E-state index is 0.0673. The first-order valence-corrected chi connectivity index (χ1v) is 7.79. The minimum Gasteiger partial charge on any atom is -0.381 e. The van der Waals surface area contributed by atoms with Gasteiger partial charge in [0.05, 0.1) is 18.7 Å². The normalized spacial score (nSPS) is 24.5. The first kappa shape index (κ1) is 13.2. The minimum atomic E-state index is 0.0673. The zero-order chi connectivity index (χ0) is 14.4. The largest absolute Gasteiger partial charge is 0.381 e. The standard InChI is InChI=1S/C15H14BrN3O2/c16-12-3-9(4-13-14(12)18-2-1-17-13)15(20)19-5-10-7-21-8-11(10)6-19/h1-4,10-11H,5-8H2/t10-,11+. The number of halogens is 1. The molecule has 1 aromatic heterocycles. The number of hydrogen-bond acceptors (Lipinski definition) is 4. The molecule has 0 saturated carbocycles. The van der Waals surface area contributed by atoms with Crippen molar-refractivity contribution in [3.63, 3.8) is 0 Å². The van der Waals surface area contributed by atoms with Crippen molar-refractivity contribution in [3.8, 4) is 0 Å². The summed E-state index contributed by atoms with van der Waals surface area (Å²) in [5.41, 5.74) is 2.18. The Morgan fingerprint density at radius 1 is 1.19 bits per heavy atom. The Labute approximate surface area is 130 Å². The summed E-state index contributed by atoms with van der Waals surface area (Å²) < 4.78 is 6.26. The van der Waals surface area contributed by atoms with Gasteiger partial charge in [-0.3, -0.25) is 14.8 Å². The highest BCUT2D eigenvalue weighted by Crippen LogP contribution is 2.31. The smallest absolute Gasteiger partial charge is 0.253 e. The van der Waals surface area contributed by atoms with Gasteiger partial charge in [-0.05, 0) is 28.1 Å². The Morgan fingerprint density at radius 2 is 1.90 bits per heavy atom. The van der Waals surface area contributed by atoms with E-state index in [2.05, 4.69) is 25.9 Å². The van der Waals surface area contributed by atoms with Crippen molar-refractivity contribution in [3.05, 3.63) is 34.6 Å². The second-order valence-corrected chi connectivity index (χ2v) is 6.50. The molecule has 2 saturated heterocycles. The second kappa shape index (κ2) is 5.03. The van der Waals surface area contributed by atoms with Crippen molar-refractivity contribution in [2.45, 2.75) is 0 Å². The number of rotatable bonds is 1. The van der Waals surface area contributed by atoms with Crippen LogP contribution in [0.4, 0.5) is 0 Å². The highest BCUT2D eigenvalue weighted by molar-refractivity contribution is 9.10. The molecule has 2 atom stereocenters. The molecule has 1 aromatic carbocycles. The van der Waals surface area contributed by atoms with E-state index in [-0.39, 0.29) is 5.91 Å². The van der Waals surface area contributed by atoms with Gasteiger partial charge in [0.1, 0.15) is 5.52 Å². The number of amides is 1.